The van der Waals surface area contributed by atoms with Crippen LogP contribution in [-0.4, -0.2) is 34.3 Å². The summed E-state index contributed by atoms with van der Waals surface area (Å²) < 4.78 is 5.22. The van der Waals surface area contributed by atoms with Gasteiger partial charge in [0.05, 0.1) is 6.42 Å². The molecule has 0 aromatic carbocycles. The van der Waals surface area contributed by atoms with Gasteiger partial charge in [-0.25, -0.2) is 0 Å². The third kappa shape index (κ3) is 4.29. The number of hydrogen-bond donors (Lipinski definition) is 0. The van der Waals surface area contributed by atoms with Crippen molar-refractivity contribution in [3.63, 3.8) is 0 Å². The molecule has 0 N–H and O–H groups in total. The zero-order valence-electron chi connectivity index (χ0n) is 14.1. The third-order valence-electron chi connectivity index (χ3n) is 3.60. The lowest BCUT2D eigenvalue weighted by atomic mass is 9.90. The molecule has 120 valence electrons. The minimum atomic E-state index is -0.571. The molecule has 2 amide bonds. The van der Waals surface area contributed by atoms with Crippen LogP contribution in [-0.2, 0) is 19.1 Å². The topological polar surface area (TPSA) is 63.7 Å². The van der Waals surface area contributed by atoms with Gasteiger partial charge in [0.15, 0.2) is 0 Å². The molecule has 0 spiro atoms. The summed E-state index contributed by atoms with van der Waals surface area (Å²) in [6.45, 7) is 12.6. The van der Waals surface area contributed by atoms with Gasteiger partial charge in [0, 0.05) is 17.4 Å². The minimum Gasteiger partial charge on any atom is -0.460 e. The number of rotatable bonds is 3. The van der Waals surface area contributed by atoms with Gasteiger partial charge < -0.3 is 4.74 Å². The molecule has 0 aromatic rings. The Morgan fingerprint density at radius 2 is 1.90 bits per heavy atom. The zero-order valence-corrected chi connectivity index (χ0v) is 14.1. The van der Waals surface area contributed by atoms with Crippen molar-refractivity contribution >= 4 is 17.8 Å². The first-order valence-electron chi connectivity index (χ1n) is 7.44. The van der Waals surface area contributed by atoms with Gasteiger partial charge in [-0.2, -0.15) is 0 Å². The highest BCUT2D eigenvalue weighted by Crippen LogP contribution is 2.36. The van der Waals surface area contributed by atoms with Crippen LogP contribution < -0.4 is 0 Å². The number of likely N-dealkylation sites (tertiary alicyclic amines) is 1. The van der Waals surface area contributed by atoms with Gasteiger partial charge in [-0.1, -0.05) is 20.8 Å². The van der Waals surface area contributed by atoms with Crippen LogP contribution >= 0.6 is 0 Å². The largest absolute Gasteiger partial charge is 0.460 e. The molecule has 0 aliphatic carbocycles. The summed E-state index contributed by atoms with van der Waals surface area (Å²) in [6.07, 6.45) is 0.643. The van der Waals surface area contributed by atoms with Gasteiger partial charge in [0.1, 0.15) is 5.60 Å². The Balaban J connectivity index is 2.71. The van der Waals surface area contributed by atoms with E-state index in [1.807, 2.05) is 20.8 Å². The molecule has 2 atom stereocenters. The van der Waals surface area contributed by atoms with Crippen molar-refractivity contribution in [2.45, 2.75) is 73.0 Å². The molecule has 1 saturated heterocycles. The summed E-state index contributed by atoms with van der Waals surface area (Å²) in [5.74, 6) is -1.41. The number of esters is 1. The van der Waals surface area contributed by atoms with Gasteiger partial charge in [-0.3, -0.25) is 19.3 Å². The molecule has 0 bridgehead atoms. The Morgan fingerprint density at radius 3 is 2.29 bits per heavy atom. The molecule has 0 saturated carbocycles. The Bertz CT molecular complexity index is 448. The molecule has 1 rings (SSSR count). The fourth-order valence-electron chi connectivity index (χ4n) is 2.72. The second-order valence-electron chi connectivity index (χ2n) is 7.64. The van der Waals surface area contributed by atoms with Crippen LogP contribution in [0.2, 0.25) is 0 Å². The summed E-state index contributed by atoms with van der Waals surface area (Å²) in [6, 6.07) is -0.124. The number of imide groups is 1. The SMILES string of the molecule is C[C@@H]1CC(C)(C)C(=O)N1C(=O)[C@@H](C)CC(=O)OC(C)(C)C. The highest BCUT2D eigenvalue weighted by molar-refractivity contribution is 6.01. The molecular formula is C16H27NO4. The lowest BCUT2D eigenvalue weighted by Gasteiger charge is -2.25. The van der Waals surface area contributed by atoms with Crippen molar-refractivity contribution < 1.29 is 19.1 Å². The van der Waals surface area contributed by atoms with Gasteiger partial charge in [-0.05, 0) is 34.1 Å². The van der Waals surface area contributed by atoms with Gasteiger partial charge in [0.2, 0.25) is 11.8 Å². The minimum absolute atomic E-state index is 0.00691. The van der Waals surface area contributed by atoms with Crippen molar-refractivity contribution in [3.8, 4) is 0 Å². The Kier molecular flexibility index (Phi) is 4.86. The van der Waals surface area contributed by atoms with Gasteiger partial charge in [0.25, 0.3) is 0 Å². The smallest absolute Gasteiger partial charge is 0.307 e. The first-order valence-corrected chi connectivity index (χ1v) is 7.44. The summed E-state index contributed by atoms with van der Waals surface area (Å²) in [5.41, 5.74) is -1.08. The Labute approximate surface area is 127 Å². The molecule has 1 aliphatic heterocycles. The van der Waals surface area contributed by atoms with Crippen LogP contribution in [0.1, 0.15) is 61.3 Å². The Morgan fingerprint density at radius 1 is 1.38 bits per heavy atom. The van der Waals surface area contributed by atoms with Crippen LogP contribution in [0.5, 0.6) is 0 Å². The molecular weight excluding hydrogens is 270 g/mol. The molecule has 5 nitrogen and oxygen atoms in total. The van der Waals surface area contributed by atoms with Crippen molar-refractivity contribution in [3.05, 3.63) is 0 Å². The second kappa shape index (κ2) is 5.78. The maximum atomic E-state index is 12.5. The predicted molar refractivity (Wildman–Crippen MR) is 79.3 cm³/mol. The van der Waals surface area contributed by atoms with E-state index >= 15 is 0 Å². The second-order valence-corrected chi connectivity index (χ2v) is 7.64. The monoisotopic (exact) mass is 297 g/mol. The number of ether oxygens (including phenoxy) is 1. The van der Waals surface area contributed by atoms with E-state index in [-0.39, 0.29) is 24.3 Å². The van der Waals surface area contributed by atoms with E-state index in [0.717, 1.165) is 0 Å². The molecule has 1 fully saturated rings. The van der Waals surface area contributed by atoms with Crippen molar-refractivity contribution in [1.82, 2.24) is 4.90 Å². The summed E-state index contributed by atoms with van der Waals surface area (Å²) in [5, 5.41) is 0. The van der Waals surface area contributed by atoms with E-state index < -0.39 is 22.9 Å². The van der Waals surface area contributed by atoms with E-state index in [2.05, 4.69) is 0 Å². The average Bonchev–Trinajstić information content (AvgIpc) is 2.44. The zero-order chi connectivity index (χ0) is 16.6. The fourth-order valence-corrected chi connectivity index (χ4v) is 2.72. The van der Waals surface area contributed by atoms with Crippen molar-refractivity contribution in [2.24, 2.45) is 11.3 Å². The molecule has 0 radical (unpaired) electrons. The van der Waals surface area contributed by atoms with Crippen molar-refractivity contribution in [1.29, 1.82) is 0 Å². The number of carbonyl (C=O) groups is 3. The lowest BCUT2D eigenvalue weighted by molar-refractivity contribution is -0.160. The summed E-state index contributed by atoms with van der Waals surface area (Å²) in [4.78, 5) is 37.9. The standard InChI is InChI=1S/C16H27NO4/c1-10(8-12(18)21-15(3,4)5)13(19)17-11(2)9-16(6,7)14(17)20/h10-11H,8-9H2,1-7H3/t10-,11+/m0/s1. The molecule has 0 unspecified atom stereocenters. The maximum Gasteiger partial charge on any atom is 0.307 e. The summed E-state index contributed by atoms with van der Waals surface area (Å²) >= 11 is 0. The normalized spacial score (nSPS) is 23.1. The van der Waals surface area contributed by atoms with Crippen LogP contribution in [0.3, 0.4) is 0 Å². The fraction of sp³-hybridized carbons (Fsp3) is 0.812. The van der Waals surface area contributed by atoms with E-state index in [9.17, 15) is 14.4 Å². The van der Waals surface area contributed by atoms with Crippen LogP contribution in [0.4, 0.5) is 0 Å². The number of amides is 2. The number of nitrogens with zero attached hydrogens (tertiary/aromatic N) is 1. The van der Waals surface area contributed by atoms with Crippen molar-refractivity contribution in [2.75, 3.05) is 0 Å². The Hall–Kier alpha value is -1.39. The van der Waals surface area contributed by atoms with Crippen LogP contribution in [0, 0.1) is 11.3 Å². The van der Waals surface area contributed by atoms with E-state index in [4.69, 9.17) is 4.74 Å². The van der Waals surface area contributed by atoms with Crippen LogP contribution in [0.15, 0.2) is 0 Å². The van der Waals surface area contributed by atoms with E-state index in [1.165, 1.54) is 4.90 Å². The van der Waals surface area contributed by atoms with Crippen LogP contribution in [0.25, 0.3) is 0 Å². The molecule has 0 aromatic heterocycles. The third-order valence-corrected chi connectivity index (χ3v) is 3.60. The molecule has 21 heavy (non-hydrogen) atoms. The molecule has 1 aliphatic rings. The van der Waals surface area contributed by atoms with Gasteiger partial charge >= 0.3 is 5.97 Å². The predicted octanol–water partition coefficient (Wildman–Crippen LogP) is 2.53. The highest BCUT2D eigenvalue weighted by atomic mass is 16.6. The highest BCUT2D eigenvalue weighted by Gasteiger charge is 2.47. The first kappa shape index (κ1) is 17.7. The quantitative estimate of drug-likeness (QED) is 0.751. The molecule has 1 heterocycles. The number of hydrogen-bond acceptors (Lipinski definition) is 4. The first-order chi connectivity index (χ1) is 9.35. The van der Waals surface area contributed by atoms with Gasteiger partial charge in [-0.15, -0.1) is 0 Å². The number of carbonyl (C=O) groups excluding carboxylic acids is 3. The summed E-state index contributed by atoms with van der Waals surface area (Å²) in [7, 11) is 0. The molecule has 5 heteroatoms. The van der Waals surface area contributed by atoms with E-state index in [1.54, 1.807) is 27.7 Å². The lowest BCUT2D eigenvalue weighted by Crippen LogP contribution is -2.43. The maximum absolute atomic E-state index is 12.5. The average molecular weight is 297 g/mol. The van der Waals surface area contributed by atoms with E-state index in [0.29, 0.717) is 6.42 Å².